The minimum absolute atomic E-state index is 0.139. The fraction of sp³-hybridized carbons (Fsp3) is 0.833. The largest absolute Gasteiger partial charge is 0.340 e. The Balaban J connectivity index is 2.38. The Labute approximate surface area is 68.8 Å². The molecule has 0 spiro atoms. The van der Waals surface area contributed by atoms with Crippen LogP contribution in [0.15, 0.2) is 5.11 Å². The summed E-state index contributed by atoms with van der Waals surface area (Å²) in [5.41, 5.74) is 7.92. The average Bonchev–Trinajstić information content (AvgIpc) is 2.47. The number of alkyl halides is 1. The lowest BCUT2D eigenvalue weighted by molar-refractivity contribution is -0.128. The van der Waals surface area contributed by atoms with Gasteiger partial charge in [0.1, 0.15) is 12.7 Å². The van der Waals surface area contributed by atoms with Gasteiger partial charge in [-0.15, -0.1) is 0 Å². The number of hydrogen-bond donors (Lipinski definition) is 0. The molecule has 66 valence electrons. The van der Waals surface area contributed by atoms with Gasteiger partial charge in [-0.2, -0.15) is 0 Å². The molecule has 1 heterocycles. The van der Waals surface area contributed by atoms with Crippen LogP contribution in [-0.4, -0.2) is 36.6 Å². The van der Waals surface area contributed by atoms with Gasteiger partial charge in [0, 0.05) is 11.5 Å². The molecule has 0 aromatic rings. The molecule has 1 aliphatic rings. The van der Waals surface area contributed by atoms with Crippen LogP contribution >= 0.6 is 0 Å². The highest BCUT2D eigenvalue weighted by atomic mass is 19.1. The summed E-state index contributed by atoms with van der Waals surface area (Å²) in [6.07, 6.45) is -0.526. The van der Waals surface area contributed by atoms with Gasteiger partial charge in [-0.25, -0.2) is 4.39 Å². The zero-order valence-electron chi connectivity index (χ0n) is 6.48. The van der Waals surface area contributed by atoms with Crippen LogP contribution in [-0.2, 0) is 4.79 Å². The van der Waals surface area contributed by atoms with E-state index in [1.165, 1.54) is 4.90 Å². The van der Waals surface area contributed by atoms with Gasteiger partial charge >= 0.3 is 0 Å². The number of carbonyl (C=O) groups is 1. The summed E-state index contributed by atoms with van der Waals surface area (Å²) in [5, 5.41) is 3.11. The Morgan fingerprint density at radius 1 is 1.83 bits per heavy atom. The summed E-state index contributed by atoms with van der Waals surface area (Å²) in [7, 11) is 0. The van der Waals surface area contributed by atoms with Crippen LogP contribution in [0.1, 0.15) is 6.42 Å². The molecule has 0 bridgehead atoms. The van der Waals surface area contributed by atoms with Crippen molar-refractivity contribution in [2.75, 3.05) is 19.6 Å². The molecule has 1 saturated heterocycles. The molecule has 0 aromatic heterocycles. The van der Waals surface area contributed by atoms with Crippen molar-refractivity contribution in [3.63, 3.8) is 0 Å². The van der Waals surface area contributed by atoms with Crippen molar-refractivity contribution in [2.45, 2.75) is 12.6 Å². The molecule has 1 amide bonds. The van der Waals surface area contributed by atoms with E-state index in [1.807, 2.05) is 0 Å². The number of hydrogen-bond acceptors (Lipinski definition) is 2. The topological polar surface area (TPSA) is 69.1 Å². The van der Waals surface area contributed by atoms with Gasteiger partial charge in [0.05, 0.1) is 6.54 Å². The number of halogens is 1. The summed E-state index contributed by atoms with van der Waals surface area (Å²) in [6.45, 7) is 0.365. The lowest BCUT2D eigenvalue weighted by Crippen LogP contribution is -2.30. The lowest BCUT2D eigenvalue weighted by atomic mass is 10.3. The number of carbonyl (C=O) groups excluding carboxylic acids is 1. The van der Waals surface area contributed by atoms with E-state index in [0.29, 0.717) is 13.0 Å². The fourth-order valence-electron chi connectivity index (χ4n) is 1.14. The predicted octanol–water partition coefficient (Wildman–Crippen LogP) is 0.867. The number of nitrogens with zero attached hydrogens (tertiary/aromatic N) is 4. The number of amides is 1. The van der Waals surface area contributed by atoms with Crippen molar-refractivity contribution in [1.29, 1.82) is 0 Å². The Kier molecular flexibility index (Phi) is 2.88. The standard InChI is InChI=1S/C6H9FN4O/c7-5-1-2-11(4-5)6(12)3-9-10-8/h5H,1-4H2/t5-/m1/s1. The first kappa shape index (κ1) is 8.80. The third-order valence-electron chi connectivity index (χ3n) is 1.75. The molecule has 0 aliphatic carbocycles. The molecular formula is C6H9FN4O. The van der Waals surface area contributed by atoms with Crippen LogP contribution in [0.3, 0.4) is 0 Å². The molecule has 0 saturated carbocycles. The molecule has 1 fully saturated rings. The molecule has 0 unspecified atom stereocenters. The summed E-state index contributed by atoms with van der Waals surface area (Å²) in [6, 6.07) is 0. The van der Waals surface area contributed by atoms with Crippen LogP contribution in [0.2, 0.25) is 0 Å². The maximum atomic E-state index is 12.6. The molecular weight excluding hydrogens is 163 g/mol. The van der Waals surface area contributed by atoms with E-state index in [9.17, 15) is 9.18 Å². The second kappa shape index (κ2) is 3.92. The van der Waals surface area contributed by atoms with Gasteiger partial charge in [0.25, 0.3) is 0 Å². The van der Waals surface area contributed by atoms with Crippen molar-refractivity contribution < 1.29 is 9.18 Å². The van der Waals surface area contributed by atoms with E-state index in [1.54, 1.807) is 0 Å². The Morgan fingerprint density at radius 2 is 2.58 bits per heavy atom. The Bertz CT molecular complexity index is 226. The number of rotatable bonds is 2. The summed E-state index contributed by atoms with van der Waals surface area (Å²) in [4.78, 5) is 14.9. The Hall–Kier alpha value is -1.29. The van der Waals surface area contributed by atoms with Crippen LogP contribution in [0, 0.1) is 0 Å². The van der Waals surface area contributed by atoms with Gasteiger partial charge in [-0.3, -0.25) is 4.79 Å². The molecule has 0 N–H and O–H groups in total. The minimum Gasteiger partial charge on any atom is -0.340 e. The smallest absolute Gasteiger partial charge is 0.228 e. The van der Waals surface area contributed by atoms with E-state index in [2.05, 4.69) is 10.0 Å². The van der Waals surface area contributed by atoms with Gasteiger partial charge in [-0.05, 0) is 12.0 Å². The van der Waals surface area contributed by atoms with E-state index in [0.717, 1.165) is 0 Å². The van der Waals surface area contributed by atoms with Crippen molar-refractivity contribution in [1.82, 2.24) is 4.90 Å². The molecule has 5 nitrogen and oxygen atoms in total. The third-order valence-corrected chi connectivity index (χ3v) is 1.75. The monoisotopic (exact) mass is 172 g/mol. The van der Waals surface area contributed by atoms with E-state index < -0.39 is 6.17 Å². The molecule has 1 atom stereocenters. The summed E-state index contributed by atoms with van der Waals surface area (Å²) < 4.78 is 12.6. The lowest BCUT2D eigenvalue weighted by Gasteiger charge is -2.12. The van der Waals surface area contributed by atoms with Crippen LogP contribution in [0.4, 0.5) is 4.39 Å². The van der Waals surface area contributed by atoms with Crippen molar-refractivity contribution >= 4 is 5.91 Å². The highest BCUT2D eigenvalue weighted by Gasteiger charge is 2.24. The first-order valence-corrected chi connectivity index (χ1v) is 3.66. The second-order valence-corrected chi connectivity index (χ2v) is 2.61. The Morgan fingerprint density at radius 3 is 3.08 bits per heavy atom. The van der Waals surface area contributed by atoms with E-state index >= 15 is 0 Å². The van der Waals surface area contributed by atoms with Crippen LogP contribution in [0.5, 0.6) is 0 Å². The number of likely N-dealkylation sites (tertiary alicyclic amines) is 1. The zero-order valence-corrected chi connectivity index (χ0v) is 6.48. The fourth-order valence-corrected chi connectivity index (χ4v) is 1.14. The van der Waals surface area contributed by atoms with Crippen molar-refractivity contribution in [3.05, 3.63) is 10.4 Å². The zero-order chi connectivity index (χ0) is 8.97. The highest BCUT2D eigenvalue weighted by Crippen LogP contribution is 2.11. The van der Waals surface area contributed by atoms with Gasteiger partial charge in [0.2, 0.25) is 5.91 Å². The summed E-state index contributed by atoms with van der Waals surface area (Å²) >= 11 is 0. The van der Waals surface area contributed by atoms with Crippen LogP contribution < -0.4 is 0 Å². The molecule has 0 aromatic carbocycles. The van der Waals surface area contributed by atoms with Gasteiger partial charge in [0.15, 0.2) is 0 Å². The van der Waals surface area contributed by atoms with Crippen LogP contribution in [0.25, 0.3) is 10.4 Å². The predicted molar refractivity (Wildman–Crippen MR) is 40.1 cm³/mol. The van der Waals surface area contributed by atoms with E-state index in [-0.39, 0.29) is 19.0 Å². The molecule has 1 aliphatic heterocycles. The average molecular weight is 172 g/mol. The van der Waals surface area contributed by atoms with Crippen molar-refractivity contribution in [3.8, 4) is 0 Å². The second-order valence-electron chi connectivity index (χ2n) is 2.61. The third kappa shape index (κ3) is 2.10. The van der Waals surface area contributed by atoms with E-state index in [4.69, 9.17) is 5.53 Å². The quantitative estimate of drug-likeness (QED) is 0.346. The highest BCUT2D eigenvalue weighted by molar-refractivity contribution is 5.78. The molecule has 0 radical (unpaired) electrons. The molecule has 6 heteroatoms. The van der Waals surface area contributed by atoms with Gasteiger partial charge < -0.3 is 4.90 Å². The molecule has 12 heavy (non-hydrogen) atoms. The number of azide groups is 1. The minimum atomic E-state index is -0.917. The SMILES string of the molecule is [N-]=[N+]=NCC(=O)N1CC[C@@H](F)C1. The maximum absolute atomic E-state index is 12.6. The maximum Gasteiger partial charge on any atom is 0.228 e. The normalized spacial score (nSPS) is 22.1. The summed E-state index contributed by atoms with van der Waals surface area (Å²) in [5.74, 6) is -0.298. The van der Waals surface area contributed by atoms with Gasteiger partial charge in [-0.1, -0.05) is 5.11 Å². The molecule has 1 rings (SSSR count). The first-order chi connectivity index (χ1) is 5.74. The van der Waals surface area contributed by atoms with Crippen molar-refractivity contribution in [2.24, 2.45) is 5.11 Å². The first-order valence-electron chi connectivity index (χ1n) is 3.66.